The van der Waals surface area contributed by atoms with E-state index >= 15 is 0 Å². The van der Waals surface area contributed by atoms with Gasteiger partial charge in [0.1, 0.15) is 17.5 Å². The third kappa shape index (κ3) is 3.70. The highest BCUT2D eigenvalue weighted by Gasteiger charge is 2.12. The summed E-state index contributed by atoms with van der Waals surface area (Å²) < 4.78 is 18.0. The van der Waals surface area contributed by atoms with E-state index in [2.05, 4.69) is 0 Å². The molecule has 18 heavy (non-hydrogen) atoms. The van der Waals surface area contributed by atoms with E-state index in [0.717, 1.165) is 0 Å². The van der Waals surface area contributed by atoms with Crippen molar-refractivity contribution in [3.63, 3.8) is 0 Å². The molecule has 0 bridgehead atoms. The Hall–Kier alpha value is -2.15. The average molecular weight is 247 g/mol. The maximum atomic E-state index is 13.1. The fourth-order valence-corrected chi connectivity index (χ4v) is 1.34. The molecule has 0 fully saturated rings. The van der Waals surface area contributed by atoms with Crippen molar-refractivity contribution in [2.24, 2.45) is 0 Å². The van der Waals surface area contributed by atoms with E-state index in [1.54, 1.807) is 32.9 Å². The van der Waals surface area contributed by atoms with Gasteiger partial charge in [-0.05, 0) is 50.1 Å². The van der Waals surface area contributed by atoms with E-state index in [0.29, 0.717) is 11.1 Å². The summed E-state index contributed by atoms with van der Waals surface area (Å²) in [5.41, 5.74) is 0.944. The van der Waals surface area contributed by atoms with Crippen LogP contribution in [0.3, 0.4) is 0 Å². The van der Waals surface area contributed by atoms with Gasteiger partial charge in [-0.1, -0.05) is 6.07 Å². The van der Waals surface area contributed by atoms with Crippen LogP contribution in [0.2, 0.25) is 0 Å². The molecule has 0 amide bonds. The summed E-state index contributed by atoms with van der Waals surface area (Å²) in [6.07, 6.45) is 1.10. The van der Waals surface area contributed by atoms with E-state index in [-0.39, 0.29) is 17.5 Å². The first-order valence-corrected chi connectivity index (χ1v) is 5.53. The van der Waals surface area contributed by atoms with Crippen LogP contribution in [0, 0.1) is 24.1 Å². The van der Waals surface area contributed by atoms with E-state index in [4.69, 9.17) is 10.00 Å². The molecule has 1 aromatic carbocycles. The third-order valence-corrected chi connectivity index (χ3v) is 2.18. The summed E-state index contributed by atoms with van der Waals surface area (Å²) in [5.74, 6) is -0.995. The Labute approximate surface area is 105 Å². The molecule has 1 rings (SSSR count). The maximum Gasteiger partial charge on any atom is 0.349 e. The van der Waals surface area contributed by atoms with Gasteiger partial charge < -0.3 is 4.74 Å². The second-order valence-corrected chi connectivity index (χ2v) is 4.13. The number of nitriles is 1. The molecule has 0 heterocycles. The van der Waals surface area contributed by atoms with Crippen molar-refractivity contribution in [1.82, 2.24) is 0 Å². The number of hydrogen-bond donors (Lipinski definition) is 0. The van der Waals surface area contributed by atoms with Crippen LogP contribution >= 0.6 is 0 Å². The topological polar surface area (TPSA) is 50.1 Å². The van der Waals surface area contributed by atoms with Gasteiger partial charge in [-0.15, -0.1) is 0 Å². The number of ether oxygens (including phenoxy) is 1. The first kappa shape index (κ1) is 13.9. The first-order chi connectivity index (χ1) is 8.43. The number of carbonyl (C=O) groups is 1. The standard InChI is InChI=1S/C14H14FNO2/c1-9(2)18-14(17)12(8-16)7-11-4-5-13(15)10(3)6-11/h4-7,9H,1-3H3. The normalized spacial score (nSPS) is 11.2. The Morgan fingerprint density at radius 3 is 2.67 bits per heavy atom. The molecule has 4 heteroatoms. The molecule has 0 N–H and O–H groups in total. The van der Waals surface area contributed by atoms with Crippen LogP contribution in [-0.2, 0) is 9.53 Å². The molecule has 0 unspecified atom stereocenters. The zero-order valence-corrected chi connectivity index (χ0v) is 10.5. The summed E-state index contributed by atoms with van der Waals surface area (Å²) in [4.78, 5) is 11.6. The van der Waals surface area contributed by atoms with Gasteiger partial charge in [0.05, 0.1) is 6.10 Å². The van der Waals surface area contributed by atoms with Gasteiger partial charge in [0.2, 0.25) is 0 Å². The van der Waals surface area contributed by atoms with Gasteiger partial charge in [-0.3, -0.25) is 0 Å². The van der Waals surface area contributed by atoms with Crippen molar-refractivity contribution in [1.29, 1.82) is 5.26 Å². The quantitative estimate of drug-likeness (QED) is 0.468. The molecule has 0 aromatic heterocycles. The predicted molar refractivity (Wildman–Crippen MR) is 66.0 cm³/mol. The van der Waals surface area contributed by atoms with E-state index in [1.807, 2.05) is 0 Å². The van der Waals surface area contributed by atoms with Crippen LogP contribution in [0.25, 0.3) is 6.08 Å². The highest BCUT2D eigenvalue weighted by Crippen LogP contribution is 2.13. The van der Waals surface area contributed by atoms with E-state index < -0.39 is 5.97 Å². The Kier molecular flexibility index (Phi) is 4.61. The molecule has 0 radical (unpaired) electrons. The van der Waals surface area contributed by atoms with Crippen LogP contribution in [0.15, 0.2) is 23.8 Å². The number of rotatable bonds is 3. The number of benzene rings is 1. The number of esters is 1. The molecule has 0 saturated carbocycles. The lowest BCUT2D eigenvalue weighted by molar-refractivity contribution is -0.142. The fraction of sp³-hybridized carbons (Fsp3) is 0.286. The number of nitrogens with zero attached hydrogens (tertiary/aromatic N) is 1. The Morgan fingerprint density at radius 2 is 2.17 bits per heavy atom. The molecule has 0 saturated heterocycles. The summed E-state index contributed by atoms with van der Waals surface area (Å²) in [7, 11) is 0. The van der Waals surface area contributed by atoms with Crippen LogP contribution in [0.4, 0.5) is 4.39 Å². The zero-order valence-electron chi connectivity index (χ0n) is 10.5. The monoisotopic (exact) mass is 247 g/mol. The minimum absolute atomic E-state index is 0.102. The number of halogens is 1. The lowest BCUT2D eigenvalue weighted by Gasteiger charge is -2.06. The van der Waals surface area contributed by atoms with Crippen molar-refractivity contribution < 1.29 is 13.9 Å². The van der Waals surface area contributed by atoms with Crippen LogP contribution in [0.5, 0.6) is 0 Å². The fourth-order valence-electron chi connectivity index (χ4n) is 1.34. The second-order valence-electron chi connectivity index (χ2n) is 4.13. The molecule has 0 aliphatic rings. The average Bonchev–Trinajstić information content (AvgIpc) is 2.29. The van der Waals surface area contributed by atoms with Gasteiger partial charge in [0, 0.05) is 0 Å². The molecule has 3 nitrogen and oxygen atoms in total. The highest BCUT2D eigenvalue weighted by molar-refractivity contribution is 5.97. The first-order valence-electron chi connectivity index (χ1n) is 5.53. The maximum absolute atomic E-state index is 13.1. The Bertz CT molecular complexity index is 527. The minimum Gasteiger partial charge on any atom is -0.459 e. The van der Waals surface area contributed by atoms with Gasteiger partial charge in [-0.2, -0.15) is 5.26 Å². The summed E-state index contributed by atoms with van der Waals surface area (Å²) >= 11 is 0. The molecule has 0 spiro atoms. The van der Waals surface area contributed by atoms with Gasteiger partial charge >= 0.3 is 5.97 Å². The number of hydrogen-bond acceptors (Lipinski definition) is 3. The lowest BCUT2D eigenvalue weighted by atomic mass is 10.1. The molecule has 94 valence electrons. The Balaban J connectivity index is 3.01. The Morgan fingerprint density at radius 1 is 1.50 bits per heavy atom. The van der Waals surface area contributed by atoms with Gasteiger partial charge in [0.15, 0.2) is 0 Å². The van der Waals surface area contributed by atoms with Crippen LogP contribution < -0.4 is 0 Å². The van der Waals surface area contributed by atoms with Crippen molar-refractivity contribution >= 4 is 12.0 Å². The van der Waals surface area contributed by atoms with Gasteiger partial charge in [0.25, 0.3) is 0 Å². The van der Waals surface area contributed by atoms with Crippen LogP contribution in [0.1, 0.15) is 25.0 Å². The van der Waals surface area contributed by atoms with Crippen molar-refractivity contribution in [3.05, 3.63) is 40.7 Å². The van der Waals surface area contributed by atoms with Crippen molar-refractivity contribution in [2.75, 3.05) is 0 Å². The van der Waals surface area contributed by atoms with Crippen LogP contribution in [-0.4, -0.2) is 12.1 Å². The largest absolute Gasteiger partial charge is 0.459 e. The van der Waals surface area contributed by atoms with E-state index in [1.165, 1.54) is 18.2 Å². The summed E-state index contributed by atoms with van der Waals surface area (Å²) in [6, 6.07) is 6.15. The predicted octanol–water partition coefficient (Wildman–Crippen LogP) is 2.99. The lowest BCUT2D eigenvalue weighted by Crippen LogP contribution is -2.12. The van der Waals surface area contributed by atoms with E-state index in [9.17, 15) is 9.18 Å². The molecule has 0 atom stereocenters. The summed E-state index contributed by atoms with van der Waals surface area (Å²) in [5, 5.41) is 8.90. The molecular weight excluding hydrogens is 233 g/mol. The highest BCUT2D eigenvalue weighted by atomic mass is 19.1. The van der Waals surface area contributed by atoms with Crippen molar-refractivity contribution in [3.8, 4) is 6.07 Å². The number of carbonyl (C=O) groups excluding carboxylic acids is 1. The summed E-state index contributed by atoms with van der Waals surface area (Å²) in [6.45, 7) is 5.02. The second kappa shape index (κ2) is 5.97. The minimum atomic E-state index is -0.672. The molecule has 1 aromatic rings. The van der Waals surface area contributed by atoms with Gasteiger partial charge in [-0.25, -0.2) is 9.18 Å². The molecule has 0 aliphatic heterocycles. The zero-order chi connectivity index (χ0) is 13.7. The smallest absolute Gasteiger partial charge is 0.349 e. The molecular formula is C14H14FNO2. The third-order valence-electron chi connectivity index (χ3n) is 2.18. The van der Waals surface area contributed by atoms with Crippen molar-refractivity contribution in [2.45, 2.75) is 26.9 Å². The molecule has 0 aliphatic carbocycles. The number of aryl methyl sites for hydroxylation is 1. The SMILES string of the molecule is Cc1cc(C=C(C#N)C(=O)OC(C)C)ccc1F.